The highest BCUT2D eigenvalue weighted by Gasteiger charge is 2.11. The smallest absolute Gasteiger partial charge is 0.191 e. The molecule has 1 atom stereocenters. The molecule has 0 saturated carbocycles. The summed E-state index contributed by atoms with van der Waals surface area (Å²) < 4.78 is 7.41. The molecular formula is C23H38IN7O. The molecule has 2 heterocycles. The van der Waals surface area contributed by atoms with Gasteiger partial charge in [0.15, 0.2) is 11.8 Å². The molecule has 0 aliphatic carbocycles. The van der Waals surface area contributed by atoms with Gasteiger partial charge in [0, 0.05) is 33.2 Å². The van der Waals surface area contributed by atoms with E-state index in [1.807, 2.05) is 18.5 Å². The molecule has 1 aliphatic heterocycles. The monoisotopic (exact) mass is 555 g/mol. The number of hydrogen-bond donors (Lipinski definition) is 2. The minimum atomic E-state index is 0. The van der Waals surface area contributed by atoms with Crippen molar-refractivity contribution in [2.24, 2.45) is 12.0 Å². The minimum Gasteiger partial charge on any atom is -0.379 e. The molecule has 0 spiro atoms. The molecule has 1 unspecified atom stereocenters. The third kappa shape index (κ3) is 8.32. The van der Waals surface area contributed by atoms with Crippen LogP contribution in [0.1, 0.15) is 42.0 Å². The van der Waals surface area contributed by atoms with Crippen molar-refractivity contribution in [3.8, 4) is 0 Å². The topological polar surface area (TPSA) is 79.6 Å². The summed E-state index contributed by atoms with van der Waals surface area (Å²) in [5.74, 6) is 2.96. The highest BCUT2D eigenvalue weighted by atomic mass is 127. The molecular weight excluding hydrogens is 517 g/mol. The Bertz CT molecular complexity index is 849. The number of morpholine rings is 1. The SMILES string of the molecule is Cc1cccc(C(C)CNC(=NCc2nnc(C)n2C)NCCCN2CCOCC2)c1.I. The maximum absolute atomic E-state index is 5.43. The van der Waals surface area contributed by atoms with Crippen molar-refractivity contribution in [2.45, 2.75) is 39.7 Å². The van der Waals surface area contributed by atoms with Crippen LogP contribution in [-0.4, -0.2) is 71.6 Å². The normalized spacial score (nSPS) is 15.8. The lowest BCUT2D eigenvalue weighted by Gasteiger charge is -2.26. The van der Waals surface area contributed by atoms with Crippen molar-refractivity contribution in [1.82, 2.24) is 30.3 Å². The second-order valence-corrected chi connectivity index (χ2v) is 8.32. The van der Waals surface area contributed by atoms with Gasteiger partial charge in [-0.1, -0.05) is 36.8 Å². The van der Waals surface area contributed by atoms with E-state index >= 15 is 0 Å². The largest absolute Gasteiger partial charge is 0.379 e. The van der Waals surface area contributed by atoms with Gasteiger partial charge in [-0.3, -0.25) is 4.90 Å². The van der Waals surface area contributed by atoms with E-state index in [9.17, 15) is 0 Å². The first kappa shape index (κ1) is 26.5. The van der Waals surface area contributed by atoms with Gasteiger partial charge in [0.2, 0.25) is 0 Å². The van der Waals surface area contributed by atoms with E-state index in [1.165, 1.54) is 11.1 Å². The van der Waals surface area contributed by atoms with E-state index in [1.54, 1.807) is 0 Å². The van der Waals surface area contributed by atoms with Gasteiger partial charge in [-0.2, -0.15) is 0 Å². The first-order valence-corrected chi connectivity index (χ1v) is 11.3. The lowest BCUT2D eigenvalue weighted by atomic mass is 9.99. The van der Waals surface area contributed by atoms with Crippen molar-refractivity contribution in [3.05, 3.63) is 47.0 Å². The molecule has 1 saturated heterocycles. The molecule has 3 rings (SSSR count). The first-order valence-electron chi connectivity index (χ1n) is 11.3. The predicted molar refractivity (Wildman–Crippen MR) is 140 cm³/mol. The number of benzene rings is 1. The summed E-state index contributed by atoms with van der Waals surface area (Å²) in [6.45, 7) is 13.3. The van der Waals surface area contributed by atoms with Crippen molar-refractivity contribution >= 4 is 29.9 Å². The Morgan fingerprint density at radius 2 is 1.97 bits per heavy atom. The van der Waals surface area contributed by atoms with Gasteiger partial charge in [0.05, 0.1) is 13.2 Å². The van der Waals surface area contributed by atoms with E-state index in [4.69, 9.17) is 9.73 Å². The minimum absolute atomic E-state index is 0. The Labute approximate surface area is 209 Å². The zero-order chi connectivity index (χ0) is 22.1. The molecule has 1 aromatic carbocycles. The van der Waals surface area contributed by atoms with Crippen LogP contribution in [0.2, 0.25) is 0 Å². The second kappa shape index (κ2) is 13.7. The molecule has 8 nitrogen and oxygen atoms in total. The fourth-order valence-electron chi connectivity index (χ4n) is 3.59. The average molecular weight is 556 g/mol. The number of halogens is 1. The third-order valence-corrected chi connectivity index (χ3v) is 5.80. The maximum Gasteiger partial charge on any atom is 0.191 e. The number of ether oxygens (including phenoxy) is 1. The van der Waals surface area contributed by atoms with Crippen LogP contribution in [0.15, 0.2) is 29.3 Å². The van der Waals surface area contributed by atoms with Gasteiger partial charge in [0.25, 0.3) is 0 Å². The van der Waals surface area contributed by atoms with Crippen molar-refractivity contribution in [3.63, 3.8) is 0 Å². The maximum atomic E-state index is 5.43. The number of nitrogens with one attached hydrogen (secondary N) is 2. The third-order valence-electron chi connectivity index (χ3n) is 5.80. The van der Waals surface area contributed by atoms with Gasteiger partial charge in [-0.15, -0.1) is 34.2 Å². The summed E-state index contributed by atoms with van der Waals surface area (Å²) in [5.41, 5.74) is 2.63. The Morgan fingerprint density at radius 3 is 2.66 bits per heavy atom. The average Bonchev–Trinajstić information content (AvgIpc) is 3.10. The highest BCUT2D eigenvalue weighted by Crippen LogP contribution is 2.15. The Kier molecular flexibility index (Phi) is 11.4. The first-order chi connectivity index (χ1) is 15.0. The van der Waals surface area contributed by atoms with Crippen LogP contribution in [0.4, 0.5) is 0 Å². The molecule has 0 bridgehead atoms. The van der Waals surface area contributed by atoms with Crippen LogP contribution in [0.3, 0.4) is 0 Å². The second-order valence-electron chi connectivity index (χ2n) is 8.32. The molecule has 2 N–H and O–H groups in total. The summed E-state index contributed by atoms with van der Waals surface area (Å²) in [6.07, 6.45) is 1.07. The number of aromatic nitrogens is 3. The number of nitrogens with zero attached hydrogens (tertiary/aromatic N) is 5. The molecule has 0 radical (unpaired) electrons. The van der Waals surface area contributed by atoms with E-state index in [-0.39, 0.29) is 24.0 Å². The van der Waals surface area contributed by atoms with E-state index < -0.39 is 0 Å². The van der Waals surface area contributed by atoms with E-state index in [0.717, 1.165) is 70.0 Å². The molecule has 178 valence electrons. The summed E-state index contributed by atoms with van der Waals surface area (Å²) in [5, 5.41) is 15.4. The number of guanidine groups is 1. The van der Waals surface area contributed by atoms with E-state index in [0.29, 0.717) is 12.5 Å². The lowest BCUT2D eigenvalue weighted by molar-refractivity contribution is 0.0376. The molecule has 1 aromatic heterocycles. The van der Waals surface area contributed by atoms with Gasteiger partial charge >= 0.3 is 0 Å². The highest BCUT2D eigenvalue weighted by molar-refractivity contribution is 14.0. The number of aliphatic imine (C=N–C) groups is 1. The zero-order valence-electron chi connectivity index (χ0n) is 19.8. The Morgan fingerprint density at radius 1 is 1.19 bits per heavy atom. The fraction of sp³-hybridized carbons (Fsp3) is 0.609. The molecule has 1 aliphatic rings. The number of aryl methyl sites for hydroxylation is 2. The van der Waals surface area contributed by atoms with Crippen LogP contribution >= 0.6 is 24.0 Å². The molecule has 9 heteroatoms. The lowest BCUT2D eigenvalue weighted by Crippen LogP contribution is -2.41. The summed E-state index contributed by atoms with van der Waals surface area (Å²) in [7, 11) is 1.98. The summed E-state index contributed by atoms with van der Waals surface area (Å²) in [4.78, 5) is 7.23. The summed E-state index contributed by atoms with van der Waals surface area (Å²) >= 11 is 0. The molecule has 1 fully saturated rings. The Balaban J connectivity index is 0.00000363. The number of rotatable bonds is 9. The van der Waals surface area contributed by atoms with Crippen LogP contribution < -0.4 is 10.6 Å². The number of hydrogen-bond acceptors (Lipinski definition) is 5. The van der Waals surface area contributed by atoms with Gasteiger partial charge in [-0.25, -0.2) is 4.99 Å². The van der Waals surface area contributed by atoms with Gasteiger partial charge in [-0.05, 0) is 38.3 Å². The van der Waals surface area contributed by atoms with Crippen LogP contribution in [-0.2, 0) is 18.3 Å². The van der Waals surface area contributed by atoms with Crippen molar-refractivity contribution in [2.75, 3.05) is 45.9 Å². The molecule has 0 amide bonds. The van der Waals surface area contributed by atoms with Crippen LogP contribution in [0.5, 0.6) is 0 Å². The van der Waals surface area contributed by atoms with Crippen LogP contribution in [0, 0.1) is 13.8 Å². The van der Waals surface area contributed by atoms with Crippen LogP contribution in [0.25, 0.3) is 0 Å². The van der Waals surface area contributed by atoms with Crippen molar-refractivity contribution < 1.29 is 4.74 Å². The van der Waals surface area contributed by atoms with Gasteiger partial charge < -0.3 is 19.9 Å². The van der Waals surface area contributed by atoms with Crippen molar-refractivity contribution in [1.29, 1.82) is 0 Å². The predicted octanol–water partition coefficient (Wildman–Crippen LogP) is 2.61. The quantitative estimate of drug-likeness (QED) is 0.215. The summed E-state index contributed by atoms with van der Waals surface area (Å²) in [6, 6.07) is 8.70. The zero-order valence-corrected chi connectivity index (χ0v) is 22.1. The molecule has 2 aromatic rings. The van der Waals surface area contributed by atoms with E-state index in [2.05, 4.69) is 63.8 Å². The Hall–Kier alpha value is -1.72. The fourth-order valence-corrected chi connectivity index (χ4v) is 3.59. The standard InChI is InChI=1S/C23H37N7O.HI/c1-18-7-5-8-21(15-18)19(2)16-25-23(26-17-22-28-27-20(3)29(22)4)24-9-6-10-30-11-13-31-14-12-30;/h5,7-8,15,19H,6,9-14,16-17H2,1-4H3,(H2,24,25,26);1H. The van der Waals surface area contributed by atoms with Gasteiger partial charge in [0.1, 0.15) is 12.4 Å². The molecule has 32 heavy (non-hydrogen) atoms.